The van der Waals surface area contributed by atoms with Crippen LogP contribution in [0.15, 0.2) is 54.7 Å². The van der Waals surface area contributed by atoms with Crippen LogP contribution in [0.5, 0.6) is 5.75 Å². The normalized spacial score (nSPS) is 14.1. The molecule has 0 saturated heterocycles. The number of carboxylic acid groups (broad SMARTS) is 1. The molecule has 1 heterocycles. The number of benzene rings is 2. The zero-order valence-corrected chi connectivity index (χ0v) is 23.2. The largest absolute Gasteiger partial charge is 0.508 e. The molecule has 4 unspecified atom stereocenters. The lowest BCUT2D eigenvalue weighted by Gasteiger charge is -2.24. The maximum Gasteiger partial charge on any atom is 0.326 e. The Labute approximate surface area is 236 Å². The molecule has 0 fully saturated rings. The molecule has 0 aliphatic carbocycles. The molecule has 0 bridgehead atoms. The second-order valence-corrected chi connectivity index (χ2v) is 10.5. The highest BCUT2D eigenvalue weighted by Gasteiger charge is 2.29. The summed E-state index contributed by atoms with van der Waals surface area (Å²) in [6, 6.07) is 9.53. The minimum atomic E-state index is -1.18. The predicted molar refractivity (Wildman–Crippen MR) is 154 cm³/mol. The first kappa shape index (κ1) is 30.5. The van der Waals surface area contributed by atoms with E-state index in [2.05, 4.69) is 20.9 Å². The van der Waals surface area contributed by atoms with Gasteiger partial charge in [0.05, 0.1) is 6.04 Å². The number of thioether (sulfide) groups is 1. The number of aromatic hydroxyl groups is 1. The number of carbonyl (C=O) groups is 4. The van der Waals surface area contributed by atoms with Gasteiger partial charge in [0.15, 0.2) is 0 Å². The second kappa shape index (κ2) is 14.4. The number of hydrogen-bond acceptors (Lipinski definition) is 7. The van der Waals surface area contributed by atoms with Gasteiger partial charge in [0, 0.05) is 23.5 Å². The Hall–Kier alpha value is -4.03. The summed E-state index contributed by atoms with van der Waals surface area (Å²) >= 11 is 1.45. The number of aromatic nitrogens is 1. The fourth-order valence-electron chi connectivity index (χ4n) is 4.16. The molecular weight excluding hydrogens is 534 g/mol. The number of H-pyrrole nitrogens is 1. The molecular formula is C28H35N5O6S. The average molecular weight is 570 g/mol. The van der Waals surface area contributed by atoms with Crippen molar-refractivity contribution >= 4 is 46.4 Å². The van der Waals surface area contributed by atoms with Crippen LogP contribution in [0, 0.1) is 0 Å². The number of fused-ring (bicyclic) bond motifs is 1. The van der Waals surface area contributed by atoms with E-state index in [1.807, 2.05) is 30.5 Å². The van der Waals surface area contributed by atoms with Gasteiger partial charge in [0.25, 0.3) is 0 Å². The van der Waals surface area contributed by atoms with Gasteiger partial charge < -0.3 is 36.9 Å². The molecule has 0 radical (unpaired) electrons. The minimum absolute atomic E-state index is 0.0352. The van der Waals surface area contributed by atoms with Crippen LogP contribution in [0.2, 0.25) is 0 Å². The van der Waals surface area contributed by atoms with E-state index in [1.54, 1.807) is 18.3 Å². The monoisotopic (exact) mass is 569 g/mol. The lowest BCUT2D eigenvalue weighted by atomic mass is 10.0. The smallest absolute Gasteiger partial charge is 0.326 e. The maximum absolute atomic E-state index is 13.1. The highest BCUT2D eigenvalue weighted by molar-refractivity contribution is 7.98. The van der Waals surface area contributed by atoms with E-state index in [-0.39, 0.29) is 25.0 Å². The summed E-state index contributed by atoms with van der Waals surface area (Å²) in [6.07, 6.45) is 4.12. The molecule has 8 N–H and O–H groups in total. The predicted octanol–water partition coefficient (Wildman–Crippen LogP) is 1.30. The number of para-hydroxylation sites is 1. The van der Waals surface area contributed by atoms with E-state index in [0.29, 0.717) is 11.3 Å². The third-order valence-corrected chi connectivity index (χ3v) is 7.08. The summed E-state index contributed by atoms with van der Waals surface area (Å²) in [7, 11) is 0. The van der Waals surface area contributed by atoms with Gasteiger partial charge in [-0.25, -0.2) is 4.79 Å². The topological polar surface area (TPSA) is 187 Å². The van der Waals surface area contributed by atoms with Crippen molar-refractivity contribution in [3.63, 3.8) is 0 Å². The Morgan fingerprint density at radius 3 is 2.27 bits per heavy atom. The lowest BCUT2D eigenvalue weighted by molar-refractivity contribution is -0.142. The number of rotatable bonds is 14. The van der Waals surface area contributed by atoms with Crippen molar-refractivity contribution in [1.82, 2.24) is 20.9 Å². The van der Waals surface area contributed by atoms with Crippen LogP contribution in [0.25, 0.3) is 10.9 Å². The Kier molecular flexibility index (Phi) is 11.0. The molecule has 0 aliphatic rings. The highest BCUT2D eigenvalue weighted by Crippen LogP contribution is 2.19. The van der Waals surface area contributed by atoms with E-state index in [1.165, 1.54) is 30.8 Å². The highest BCUT2D eigenvalue weighted by atomic mass is 32.2. The van der Waals surface area contributed by atoms with Crippen LogP contribution >= 0.6 is 11.8 Å². The van der Waals surface area contributed by atoms with Crippen molar-refractivity contribution in [1.29, 1.82) is 0 Å². The first-order valence-corrected chi connectivity index (χ1v) is 14.2. The number of phenols is 1. The number of amides is 3. The van der Waals surface area contributed by atoms with E-state index >= 15 is 0 Å². The summed E-state index contributed by atoms with van der Waals surface area (Å²) in [6.45, 7) is 1.47. The average Bonchev–Trinajstić information content (AvgIpc) is 3.33. The zero-order chi connectivity index (χ0) is 29.2. The Morgan fingerprint density at radius 2 is 1.60 bits per heavy atom. The van der Waals surface area contributed by atoms with E-state index in [0.717, 1.165) is 16.5 Å². The summed E-state index contributed by atoms with van der Waals surface area (Å²) < 4.78 is 0. The first-order valence-electron chi connectivity index (χ1n) is 12.8. The molecule has 0 aliphatic heterocycles. The molecule has 11 nitrogen and oxygen atoms in total. The molecule has 3 amide bonds. The van der Waals surface area contributed by atoms with Crippen molar-refractivity contribution in [2.75, 3.05) is 12.0 Å². The fourth-order valence-corrected chi connectivity index (χ4v) is 4.63. The van der Waals surface area contributed by atoms with Crippen LogP contribution in [0.3, 0.4) is 0 Å². The van der Waals surface area contributed by atoms with Crippen LogP contribution in [0.4, 0.5) is 0 Å². The molecule has 0 saturated carbocycles. The molecule has 2 aromatic carbocycles. The third kappa shape index (κ3) is 8.48. The fraction of sp³-hybridized carbons (Fsp3) is 0.357. The quantitative estimate of drug-likeness (QED) is 0.151. The van der Waals surface area contributed by atoms with Gasteiger partial charge in [0.2, 0.25) is 17.7 Å². The number of carbonyl (C=O) groups excluding carboxylic acids is 3. The first-order chi connectivity index (χ1) is 19.1. The van der Waals surface area contributed by atoms with Gasteiger partial charge >= 0.3 is 5.97 Å². The SMILES string of the molecule is CSCCC(NC(=O)C(Cc1ccc(O)cc1)NC(=O)C(C)NC(=O)C(N)Cc1c[nH]c2ccccc12)C(=O)O. The molecule has 3 aromatic rings. The zero-order valence-electron chi connectivity index (χ0n) is 22.3. The molecule has 4 atom stereocenters. The van der Waals surface area contributed by atoms with Gasteiger partial charge in [-0.2, -0.15) is 11.8 Å². The second-order valence-electron chi connectivity index (χ2n) is 9.51. The van der Waals surface area contributed by atoms with Crippen LogP contribution in [-0.2, 0) is 32.0 Å². The van der Waals surface area contributed by atoms with E-state index < -0.39 is 47.9 Å². The number of nitrogens with two attached hydrogens (primary N) is 1. The Bertz CT molecular complexity index is 1330. The standard InChI is InChI=1S/C28H35N5O6S/c1-16(31-26(36)21(29)14-18-15-30-22-6-4-3-5-20(18)22)25(35)33-24(13-17-7-9-19(34)10-8-17)27(37)32-23(28(38)39)11-12-40-2/h3-10,15-16,21,23-24,30,34H,11-14,29H2,1-2H3,(H,31,36)(H,32,37)(H,33,35)(H,38,39). The summed E-state index contributed by atoms with van der Waals surface area (Å²) in [4.78, 5) is 53.7. The number of carboxylic acids is 1. The van der Waals surface area contributed by atoms with Crippen molar-refractivity contribution in [3.05, 3.63) is 65.9 Å². The number of nitrogens with one attached hydrogen (secondary N) is 4. The maximum atomic E-state index is 13.1. The van der Waals surface area contributed by atoms with Crippen molar-refractivity contribution in [2.45, 2.75) is 50.4 Å². The summed E-state index contributed by atoms with van der Waals surface area (Å²) in [5.74, 6) is -2.46. The van der Waals surface area contributed by atoms with E-state index in [9.17, 15) is 29.4 Å². The van der Waals surface area contributed by atoms with Crippen molar-refractivity contribution in [3.8, 4) is 5.75 Å². The van der Waals surface area contributed by atoms with Crippen molar-refractivity contribution in [2.24, 2.45) is 5.73 Å². The van der Waals surface area contributed by atoms with Crippen LogP contribution in [-0.4, -0.2) is 75.1 Å². The lowest BCUT2D eigenvalue weighted by Crippen LogP contribution is -2.57. The van der Waals surface area contributed by atoms with Gasteiger partial charge in [-0.15, -0.1) is 0 Å². The van der Waals surface area contributed by atoms with Crippen LogP contribution < -0.4 is 21.7 Å². The molecule has 0 spiro atoms. The van der Waals surface area contributed by atoms with E-state index in [4.69, 9.17) is 5.73 Å². The Balaban J connectivity index is 1.66. The third-order valence-electron chi connectivity index (χ3n) is 6.44. The van der Waals surface area contributed by atoms with Crippen molar-refractivity contribution < 1.29 is 29.4 Å². The molecule has 40 heavy (non-hydrogen) atoms. The van der Waals surface area contributed by atoms with Gasteiger partial charge in [0.1, 0.15) is 23.9 Å². The number of phenolic OH excluding ortho intramolecular Hbond substituents is 1. The number of aliphatic carboxylic acids is 1. The van der Waals surface area contributed by atoms with Crippen LogP contribution in [0.1, 0.15) is 24.5 Å². The molecule has 12 heteroatoms. The number of aromatic amines is 1. The molecule has 214 valence electrons. The van der Waals surface area contributed by atoms with Gasteiger partial charge in [-0.05, 0) is 61.1 Å². The van der Waals surface area contributed by atoms with Gasteiger partial charge in [-0.1, -0.05) is 30.3 Å². The minimum Gasteiger partial charge on any atom is -0.508 e. The van der Waals surface area contributed by atoms with Gasteiger partial charge in [-0.3, -0.25) is 14.4 Å². The summed E-state index contributed by atoms with van der Waals surface area (Å²) in [5, 5.41) is 27.8. The number of hydrogen-bond donors (Lipinski definition) is 7. The molecule has 1 aromatic heterocycles. The Morgan fingerprint density at radius 1 is 0.925 bits per heavy atom. The summed E-state index contributed by atoms with van der Waals surface area (Å²) in [5.41, 5.74) is 8.56. The molecule has 3 rings (SSSR count).